The molecule has 0 aromatic rings. The van der Waals surface area contributed by atoms with Crippen molar-refractivity contribution in [2.45, 2.75) is 38.1 Å². The van der Waals surface area contributed by atoms with Gasteiger partial charge in [0, 0.05) is 0 Å². The molecule has 14 heavy (non-hydrogen) atoms. The van der Waals surface area contributed by atoms with E-state index in [1.807, 2.05) is 0 Å². The molecule has 1 aliphatic carbocycles. The van der Waals surface area contributed by atoms with Gasteiger partial charge in [0.25, 0.3) is 0 Å². The molecule has 0 atom stereocenters. The third kappa shape index (κ3) is 4.45. The van der Waals surface area contributed by atoms with Crippen LogP contribution in [0.5, 0.6) is 0 Å². The first-order valence-corrected chi connectivity index (χ1v) is 6.67. The molecule has 0 bridgehead atoms. The molecule has 1 fully saturated rings. The number of rotatable bonds is 2. The number of nitrogens with two attached hydrogens (primary N) is 1. The number of nitrogens with zero attached hydrogens (tertiary/aromatic N) is 1. The van der Waals surface area contributed by atoms with Gasteiger partial charge in [-0.3, -0.25) is 4.72 Å². The van der Waals surface area contributed by atoms with Crippen molar-refractivity contribution in [3.63, 3.8) is 0 Å². The summed E-state index contributed by atoms with van der Waals surface area (Å²) in [5, 5.41) is 0. The number of nitrogens with one attached hydrogen (secondary N) is 1. The second-order valence-corrected chi connectivity index (χ2v) is 5.43. The highest BCUT2D eigenvalue weighted by Gasteiger charge is 2.13. The molecule has 0 amide bonds. The highest BCUT2D eigenvalue weighted by atomic mass is 32.2. The van der Waals surface area contributed by atoms with Crippen molar-refractivity contribution in [2.75, 3.05) is 6.26 Å². The van der Waals surface area contributed by atoms with Crippen LogP contribution in [0.1, 0.15) is 32.1 Å². The van der Waals surface area contributed by atoms with Crippen molar-refractivity contribution >= 4 is 16.0 Å². The summed E-state index contributed by atoms with van der Waals surface area (Å²) in [5.74, 6) is 0.0133. The lowest BCUT2D eigenvalue weighted by Gasteiger charge is -2.18. The second kappa shape index (κ2) is 4.63. The van der Waals surface area contributed by atoms with Gasteiger partial charge < -0.3 is 5.73 Å². The van der Waals surface area contributed by atoms with Crippen molar-refractivity contribution in [2.24, 2.45) is 10.7 Å². The average molecular weight is 219 g/mol. The van der Waals surface area contributed by atoms with Crippen LogP contribution in [-0.2, 0) is 10.0 Å². The Hall–Kier alpha value is -0.780. The van der Waals surface area contributed by atoms with Crippen molar-refractivity contribution in [1.82, 2.24) is 4.72 Å². The van der Waals surface area contributed by atoms with Crippen molar-refractivity contribution in [3.05, 3.63) is 0 Å². The number of sulfonamides is 1. The predicted molar refractivity (Wildman–Crippen MR) is 56.5 cm³/mol. The van der Waals surface area contributed by atoms with E-state index in [4.69, 9.17) is 5.73 Å². The van der Waals surface area contributed by atoms with Gasteiger partial charge in [-0.25, -0.2) is 13.4 Å². The van der Waals surface area contributed by atoms with Crippen LogP contribution in [0.15, 0.2) is 4.99 Å². The minimum absolute atomic E-state index is 0.0133. The van der Waals surface area contributed by atoms with E-state index in [-0.39, 0.29) is 12.0 Å². The summed E-state index contributed by atoms with van der Waals surface area (Å²) in [6, 6.07) is 0.193. The Morgan fingerprint density at radius 1 is 1.36 bits per heavy atom. The van der Waals surface area contributed by atoms with Gasteiger partial charge in [-0.05, 0) is 12.8 Å². The van der Waals surface area contributed by atoms with E-state index in [2.05, 4.69) is 9.71 Å². The standard InChI is InChI=1S/C8H17N3O2S/c1-14(12,13)11-8(9)10-7-5-3-2-4-6-7/h7H,2-6H2,1H3,(H3,9,10,11). The SMILES string of the molecule is CS(=O)(=O)NC(N)=NC1CCCCC1. The van der Waals surface area contributed by atoms with Gasteiger partial charge >= 0.3 is 0 Å². The summed E-state index contributed by atoms with van der Waals surface area (Å²) >= 11 is 0. The molecule has 5 nitrogen and oxygen atoms in total. The van der Waals surface area contributed by atoms with Crippen LogP contribution in [0.25, 0.3) is 0 Å². The predicted octanol–water partition coefficient (Wildman–Crippen LogP) is 0.183. The molecule has 0 aliphatic heterocycles. The van der Waals surface area contributed by atoms with Gasteiger partial charge in [0.2, 0.25) is 16.0 Å². The minimum atomic E-state index is -3.28. The van der Waals surface area contributed by atoms with E-state index in [1.54, 1.807) is 0 Å². The largest absolute Gasteiger partial charge is 0.369 e. The Kier molecular flexibility index (Phi) is 3.74. The minimum Gasteiger partial charge on any atom is -0.369 e. The smallest absolute Gasteiger partial charge is 0.232 e. The highest BCUT2D eigenvalue weighted by Crippen LogP contribution is 2.19. The van der Waals surface area contributed by atoms with E-state index < -0.39 is 10.0 Å². The first-order chi connectivity index (χ1) is 6.47. The molecule has 0 unspecified atom stereocenters. The molecule has 1 saturated carbocycles. The molecule has 0 radical (unpaired) electrons. The third-order valence-corrected chi connectivity index (χ3v) is 2.77. The van der Waals surface area contributed by atoms with Crippen molar-refractivity contribution in [3.8, 4) is 0 Å². The van der Waals surface area contributed by atoms with Crippen LogP contribution in [-0.4, -0.2) is 26.7 Å². The maximum Gasteiger partial charge on any atom is 0.232 e. The quantitative estimate of drug-likeness (QED) is 0.513. The van der Waals surface area contributed by atoms with Crippen LogP contribution >= 0.6 is 0 Å². The molecule has 0 spiro atoms. The fraction of sp³-hybridized carbons (Fsp3) is 0.875. The monoisotopic (exact) mass is 219 g/mol. The summed E-state index contributed by atoms with van der Waals surface area (Å²) in [4.78, 5) is 4.13. The number of hydrogen-bond acceptors (Lipinski definition) is 3. The zero-order chi connectivity index (χ0) is 10.6. The Morgan fingerprint density at radius 3 is 2.43 bits per heavy atom. The van der Waals surface area contributed by atoms with Crippen molar-refractivity contribution in [1.29, 1.82) is 0 Å². The number of aliphatic imine (C=N–C) groups is 1. The normalized spacial score (nSPS) is 20.8. The Bertz CT molecular complexity index is 305. The molecule has 0 aromatic heterocycles. The first-order valence-electron chi connectivity index (χ1n) is 4.78. The lowest BCUT2D eigenvalue weighted by atomic mass is 9.96. The maximum atomic E-state index is 10.8. The van der Waals surface area contributed by atoms with Gasteiger partial charge in [0.1, 0.15) is 0 Å². The maximum absolute atomic E-state index is 10.8. The summed E-state index contributed by atoms with van der Waals surface area (Å²) < 4.78 is 23.8. The van der Waals surface area contributed by atoms with E-state index >= 15 is 0 Å². The molecule has 3 N–H and O–H groups in total. The van der Waals surface area contributed by atoms with Gasteiger partial charge in [0.15, 0.2) is 0 Å². The molecule has 6 heteroatoms. The highest BCUT2D eigenvalue weighted by molar-refractivity contribution is 7.89. The zero-order valence-corrected chi connectivity index (χ0v) is 9.18. The number of guanidine groups is 1. The number of hydrogen-bond donors (Lipinski definition) is 2. The van der Waals surface area contributed by atoms with Gasteiger partial charge in [-0.2, -0.15) is 0 Å². The first kappa shape index (κ1) is 11.3. The van der Waals surface area contributed by atoms with Crippen LogP contribution in [0.2, 0.25) is 0 Å². The average Bonchev–Trinajstić information content (AvgIpc) is 2.02. The second-order valence-electron chi connectivity index (χ2n) is 3.68. The van der Waals surface area contributed by atoms with Crippen LogP contribution in [0, 0.1) is 0 Å². The van der Waals surface area contributed by atoms with Gasteiger partial charge in [0.05, 0.1) is 12.3 Å². The molecular weight excluding hydrogens is 202 g/mol. The lowest BCUT2D eigenvalue weighted by Crippen LogP contribution is -2.37. The van der Waals surface area contributed by atoms with Gasteiger partial charge in [-0.15, -0.1) is 0 Å². The van der Waals surface area contributed by atoms with Crippen LogP contribution < -0.4 is 10.5 Å². The fourth-order valence-corrected chi connectivity index (χ4v) is 2.06. The van der Waals surface area contributed by atoms with Gasteiger partial charge in [-0.1, -0.05) is 19.3 Å². The van der Waals surface area contributed by atoms with Crippen molar-refractivity contribution < 1.29 is 8.42 Å². The Balaban J connectivity index is 2.49. The molecule has 0 heterocycles. The lowest BCUT2D eigenvalue weighted by molar-refractivity contribution is 0.442. The molecule has 1 aliphatic rings. The zero-order valence-electron chi connectivity index (χ0n) is 8.36. The summed E-state index contributed by atoms with van der Waals surface area (Å²) in [6.07, 6.45) is 6.63. The Morgan fingerprint density at radius 2 is 1.93 bits per heavy atom. The molecule has 0 aromatic carbocycles. The fourth-order valence-electron chi connectivity index (χ4n) is 1.62. The third-order valence-electron chi connectivity index (χ3n) is 2.19. The topological polar surface area (TPSA) is 84.5 Å². The molecule has 0 saturated heterocycles. The summed E-state index contributed by atoms with van der Waals surface area (Å²) in [7, 11) is -3.28. The Labute approximate surface area is 84.8 Å². The van der Waals surface area contributed by atoms with Crippen LogP contribution in [0.4, 0.5) is 0 Å². The van der Waals surface area contributed by atoms with E-state index in [0.29, 0.717) is 0 Å². The van der Waals surface area contributed by atoms with Crippen LogP contribution in [0.3, 0.4) is 0 Å². The van der Waals surface area contributed by atoms with E-state index in [1.165, 1.54) is 6.42 Å². The van der Waals surface area contributed by atoms with E-state index in [9.17, 15) is 8.42 Å². The molecular formula is C8H17N3O2S. The summed E-state index contributed by atoms with van der Waals surface area (Å²) in [5.41, 5.74) is 5.45. The van der Waals surface area contributed by atoms with E-state index in [0.717, 1.165) is 31.9 Å². The summed E-state index contributed by atoms with van der Waals surface area (Å²) in [6.45, 7) is 0. The molecule has 82 valence electrons. The molecule has 1 rings (SSSR count).